The van der Waals surface area contributed by atoms with Crippen molar-refractivity contribution in [2.45, 2.75) is 6.54 Å². The fourth-order valence-electron chi connectivity index (χ4n) is 1.10. The van der Waals surface area contributed by atoms with Crippen LogP contribution in [0, 0.1) is 0 Å². The molecule has 0 saturated carbocycles. The Morgan fingerprint density at radius 2 is 1.78 bits per heavy atom. The molecule has 0 aliphatic heterocycles. The predicted molar refractivity (Wildman–Crippen MR) is 63.4 cm³/mol. The highest BCUT2D eigenvalue weighted by molar-refractivity contribution is 4.98. The van der Waals surface area contributed by atoms with Gasteiger partial charge in [-0.25, -0.2) is 0 Å². The lowest BCUT2D eigenvalue weighted by Crippen LogP contribution is -2.12. The number of aromatic nitrogens is 1. The number of nitrogens with zero attached hydrogens (tertiary/aromatic N) is 1. The van der Waals surface area contributed by atoms with E-state index in [-0.39, 0.29) is 6.08 Å². The number of ether oxygens (including phenoxy) is 4. The molecular weight excluding hydrogens is 240 g/mol. The van der Waals surface area contributed by atoms with Gasteiger partial charge in [0.15, 0.2) is 0 Å². The molecule has 1 aromatic rings. The molecule has 1 heterocycles. The summed E-state index contributed by atoms with van der Waals surface area (Å²) in [5.41, 5.74) is 6.05. The maximum absolute atomic E-state index is 5.38. The van der Waals surface area contributed by atoms with Crippen molar-refractivity contribution in [3.63, 3.8) is 0 Å². The maximum Gasteiger partial charge on any atom is 0.393 e. The Kier molecular flexibility index (Phi) is 8.15. The van der Waals surface area contributed by atoms with E-state index < -0.39 is 0 Å². The normalized spacial score (nSPS) is 10.8. The molecule has 0 aromatic carbocycles. The van der Waals surface area contributed by atoms with Crippen molar-refractivity contribution in [1.82, 2.24) is 4.98 Å². The van der Waals surface area contributed by atoms with Gasteiger partial charge in [0.25, 0.3) is 0 Å². The first-order valence-corrected chi connectivity index (χ1v) is 5.78. The van der Waals surface area contributed by atoms with Gasteiger partial charge >= 0.3 is 6.08 Å². The Morgan fingerprint density at radius 3 is 2.39 bits per heavy atom. The molecule has 0 bridgehead atoms. The van der Waals surface area contributed by atoms with E-state index in [0.717, 1.165) is 0 Å². The van der Waals surface area contributed by atoms with Crippen molar-refractivity contribution in [2.24, 2.45) is 5.73 Å². The molecule has 0 spiro atoms. The minimum Gasteiger partial charge on any atom is -0.448 e. The number of methoxy groups -OCH3 is 1. The minimum atomic E-state index is 0.218. The summed E-state index contributed by atoms with van der Waals surface area (Å²) in [6.45, 7) is 3.40. The van der Waals surface area contributed by atoms with Crippen molar-refractivity contribution in [3.05, 3.63) is 12.0 Å². The van der Waals surface area contributed by atoms with E-state index in [0.29, 0.717) is 51.9 Å². The second kappa shape index (κ2) is 9.84. The van der Waals surface area contributed by atoms with Gasteiger partial charge in [0.1, 0.15) is 12.9 Å². The van der Waals surface area contributed by atoms with Crippen molar-refractivity contribution in [1.29, 1.82) is 0 Å². The minimum absolute atomic E-state index is 0.218. The average Bonchev–Trinajstić information content (AvgIpc) is 2.85. The fourth-order valence-corrected chi connectivity index (χ4v) is 1.10. The Labute approximate surface area is 106 Å². The third kappa shape index (κ3) is 6.55. The molecule has 0 unspecified atom stereocenters. The molecule has 0 fully saturated rings. The molecule has 1 aromatic heterocycles. The van der Waals surface area contributed by atoms with E-state index in [1.165, 1.54) is 6.26 Å². The van der Waals surface area contributed by atoms with Gasteiger partial charge in [-0.05, 0) is 0 Å². The van der Waals surface area contributed by atoms with Crippen LogP contribution in [0.5, 0.6) is 6.08 Å². The Bertz CT molecular complexity index is 305. The molecule has 0 radical (unpaired) electrons. The molecule has 18 heavy (non-hydrogen) atoms. The topological polar surface area (TPSA) is 89.0 Å². The van der Waals surface area contributed by atoms with E-state index >= 15 is 0 Å². The van der Waals surface area contributed by atoms with Crippen LogP contribution in [0.2, 0.25) is 0 Å². The zero-order valence-electron chi connectivity index (χ0n) is 10.6. The Balaban J connectivity index is 1.89. The van der Waals surface area contributed by atoms with Crippen molar-refractivity contribution in [3.8, 4) is 6.08 Å². The molecule has 0 amide bonds. The highest BCUT2D eigenvalue weighted by Gasteiger charge is 2.02. The first kappa shape index (κ1) is 14.9. The van der Waals surface area contributed by atoms with E-state index in [4.69, 9.17) is 29.1 Å². The largest absolute Gasteiger partial charge is 0.448 e. The smallest absolute Gasteiger partial charge is 0.393 e. The van der Waals surface area contributed by atoms with Gasteiger partial charge in [0, 0.05) is 13.7 Å². The summed E-state index contributed by atoms with van der Waals surface area (Å²) in [5, 5.41) is 0. The van der Waals surface area contributed by atoms with Crippen LogP contribution in [-0.4, -0.2) is 51.7 Å². The number of hydrogen-bond donors (Lipinski definition) is 1. The zero-order valence-corrected chi connectivity index (χ0v) is 10.6. The number of hydrogen-bond acceptors (Lipinski definition) is 7. The lowest BCUT2D eigenvalue weighted by molar-refractivity contribution is 0.0157. The van der Waals surface area contributed by atoms with Gasteiger partial charge in [-0.15, -0.1) is 0 Å². The third-order valence-electron chi connectivity index (χ3n) is 2.00. The number of rotatable bonds is 11. The van der Waals surface area contributed by atoms with E-state index in [9.17, 15) is 0 Å². The van der Waals surface area contributed by atoms with E-state index in [1.54, 1.807) is 7.11 Å². The van der Waals surface area contributed by atoms with Crippen molar-refractivity contribution < 1.29 is 23.4 Å². The van der Waals surface area contributed by atoms with Crippen molar-refractivity contribution in [2.75, 3.05) is 46.8 Å². The molecular formula is C11H20N2O5. The second-order valence-corrected chi connectivity index (χ2v) is 3.37. The lowest BCUT2D eigenvalue weighted by Gasteiger charge is -2.05. The molecule has 104 valence electrons. The summed E-state index contributed by atoms with van der Waals surface area (Å²) in [6, 6.07) is 0. The number of nitrogens with two attached hydrogens (primary N) is 1. The molecule has 2 N–H and O–H groups in total. The van der Waals surface area contributed by atoms with Gasteiger partial charge in [-0.3, -0.25) is 0 Å². The molecule has 0 saturated heterocycles. The van der Waals surface area contributed by atoms with Gasteiger partial charge in [0.2, 0.25) is 0 Å². The third-order valence-corrected chi connectivity index (χ3v) is 2.00. The summed E-state index contributed by atoms with van der Waals surface area (Å²) >= 11 is 0. The Hall–Kier alpha value is -1.15. The van der Waals surface area contributed by atoms with Crippen LogP contribution in [0.4, 0.5) is 0 Å². The van der Waals surface area contributed by atoms with Crippen LogP contribution in [0.15, 0.2) is 10.7 Å². The first-order chi connectivity index (χ1) is 8.86. The molecule has 1 rings (SSSR count). The molecule has 0 aliphatic rings. The van der Waals surface area contributed by atoms with E-state index in [2.05, 4.69) is 4.98 Å². The average molecular weight is 260 g/mol. The molecule has 7 nitrogen and oxygen atoms in total. The van der Waals surface area contributed by atoms with Crippen LogP contribution in [0.3, 0.4) is 0 Å². The molecule has 0 atom stereocenters. The predicted octanol–water partition coefficient (Wildman–Crippen LogP) is 0.192. The number of oxazole rings is 1. The van der Waals surface area contributed by atoms with Crippen LogP contribution < -0.4 is 10.5 Å². The monoisotopic (exact) mass is 260 g/mol. The first-order valence-electron chi connectivity index (χ1n) is 5.78. The van der Waals surface area contributed by atoms with Gasteiger partial charge in [0.05, 0.1) is 38.7 Å². The lowest BCUT2D eigenvalue weighted by atomic mass is 10.5. The second-order valence-electron chi connectivity index (χ2n) is 3.37. The van der Waals surface area contributed by atoms with Gasteiger partial charge in [-0.1, -0.05) is 0 Å². The highest BCUT2D eigenvalue weighted by atomic mass is 16.6. The zero-order chi connectivity index (χ0) is 13.1. The SMILES string of the molecule is COCCOCCOCCOc1nc(CN)co1. The van der Waals surface area contributed by atoms with Crippen molar-refractivity contribution >= 4 is 0 Å². The van der Waals surface area contributed by atoms with Crippen LogP contribution in [0.25, 0.3) is 0 Å². The molecule has 0 aliphatic carbocycles. The van der Waals surface area contributed by atoms with Gasteiger partial charge in [-0.2, -0.15) is 4.98 Å². The molecule has 7 heteroatoms. The highest BCUT2D eigenvalue weighted by Crippen LogP contribution is 2.08. The standard InChI is InChI=1S/C11H20N2O5/c1-14-2-3-15-4-5-16-6-7-17-11-13-10(8-12)9-18-11/h9H,2-8,12H2,1H3. The van der Waals surface area contributed by atoms with Crippen LogP contribution in [-0.2, 0) is 20.8 Å². The maximum atomic E-state index is 5.38. The quantitative estimate of drug-likeness (QED) is 0.568. The van der Waals surface area contributed by atoms with Crippen LogP contribution >= 0.6 is 0 Å². The Morgan fingerprint density at radius 1 is 1.11 bits per heavy atom. The summed E-state index contributed by atoms with van der Waals surface area (Å²) in [7, 11) is 1.63. The summed E-state index contributed by atoms with van der Waals surface area (Å²) < 4.78 is 25.6. The fraction of sp³-hybridized carbons (Fsp3) is 0.727. The summed E-state index contributed by atoms with van der Waals surface area (Å²) in [4.78, 5) is 3.99. The van der Waals surface area contributed by atoms with E-state index in [1.807, 2.05) is 0 Å². The summed E-state index contributed by atoms with van der Waals surface area (Å²) in [6.07, 6.45) is 1.69. The van der Waals surface area contributed by atoms with Crippen LogP contribution in [0.1, 0.15) is 5.69 Å². The van der Waals surface area contributed by atoms with Gasteiger partial charge < -0.3 is 29.1 Å². The summed E-state index contributed by atoms with van der Waals surface area (Å²) in [5.74, 6) is 0.